The van der Waals surface area contributed by atoms with Gasteiger partial charge in [0.1, 0.15) is 5.75 Å². The van der Waals surface area contributed by atoms with E-state index in [4.69, 9.17) is 4.74 Å². The third-order valence-electron chi connectivity index (χ3n) is 5.61. The highest BCUT2D eigenvalue weighted by atomic mass is 16.5. The number of hydrogen-bond donors (Lipinski definition) is 1. The third-order valence-corrected chi connectivity index (χ3v) is 5.61. The average molecular weight is 359 g/mol. The summed E-state index contributed by atoms with van der Waals surface area (Å²) in [5.41, 5.74) is 0.764. The van der Waals surface area contributed by atoms with Gasteiger partial charge in [-0.3, -0.25) is 14.5 Å². The lowest BCUT2D eigenvalue weighted by Crippen LogP contribution is -2.56. The van der Waals surface area contributed by atoms with Crippen LogP contribution in [-0.4, -0.2) is 60.9 Å². The zero-order valence-corrected chi connectivity index (χ0v) is 15.7. The van der Waals surface area contributed by atoms with Crippen LogP contribution in [0.15, 0.2) is 24.3 Å². The number of anilines is 1. The lowest BCUT2D eigenvalue weighted by Gasteiger charge is -2.40. The van der Waals surface area contributed by atoms with Gasteiger partial charge in [-0.2, -0.15) is 0 Å². The van der Waals surface area contributed by atoms with Gasteiger partial charge in [-0.25, -0.2) is 0 Å². The molecule has 6 nitrogen and oxygen atoms in total. The van der Waals surface area contributed by atoms with E-state index in [0.717, 1.165) is 37.4 Å². The van der Waals surface area contributed by atoms with Gasteiger partial charge in [-0.15, -0.1) is 0 Å². The predicted molar refractivity (Wildman–Crippen MR) is 101 cm³/mol. The molecular formula is C20H29N3O3. The van der Waals surface area contributed by atoms with Crippen molar-refractivity contribution in [1.82, 2.24) is 9.80 Å². The van der Waals surface area contributed by atoms with Crippen molar-refractivity contribution in [1.29, 1.82) is 0 Å². The van der Waals surface area contributed by atoms with Crippen LogP contribution in [0.4, 0.5) is 5.69 Å². The Hall–Kier alpha value is -2.08. The van der Waals surface area contributed by atoms with Crippen LogP contribution < -0.4 is 10.1 Å². The smallest absolute Gasteiger partial charge is 0.242 e. The first-order valence-corrected chi connectivity index (χ1v) is 9.53. The number of hydrogen-bond acceptors (Lipinski definition) is 4. The van der Waals surface area contributed by atoms with E-state index in [1.54, 1.807) is 14.0 Å². The Labute approximate surface area is 155 Å². The van der Waals surface area contributed by atoms with Crippen LogP contribution in [0.25, 0.3) is 0 Å². The molecular weight excluding hydrogens is 330 g/mol. The summed E-state index contributed by atoms with van der Waals surface area (Å²) in [4.78, 5) is 28.9. The van der Waals surface area contributed by atoms with Crippen molar-refractivity contribution in [2.24, 2.45) is 5.92 Å². The van der Waals surface area contributed by atoms with E-state index in [1.807, 2.05) is 29.2 Å². The maximum atomic E-state index is 13.1. The second-order valence-corrected chi connectivity index (χ2v) is 7.25. The molecule has 1 heterocycles. The van der Waals surface area contributed by atoms with Gasteiger partial charge in [0.2, 0.25) is 11.8 Å². The van der Waals surface area contributed by atoms with Gasteiger partial charge in [-0.05, 0) is 30.9 Å². The second-order valence-electron chi connectivity index (χ2n) is 7.25. The molecule has 1 aromatic carbocycles. The summed E-state index contributed by atoms with van der Waals surface area (Å²) in [6.45, 7) is 4.52. The van der Waals surface area contributed by atoms with E-state index in [-0.39, 0.29) is 17.9 Å². The number of rotatable bonds is 5. The maximum absolute atomic E-state index is 13.1. The number of carbonyl (C=O) groups is 2. The molecule has 1 aromatic rings. The molecule has 1 aliphatic heterocycles. The summed E-state index contributed by atoms with van der Waals surface area (Å²) in [7, 11) is 1.62. The van der Waals surface area contributed by atoms with Crippen LogP contribution in [0.5, 0.6) is 5.75 Å². The highest BCUT2D eigenvalue weighted by Gasteiger charge is 2.37. The van der Waals surface area contributed by atoms with Gasteiger partial charge in [0.25, 0.3) is 0 Å². The zero-order valence-electron chi connectivity index (χ0n) is 15.7. The number of amides is 2. The first-order valence-electron chi connectivity index (χ1n) is 9.53. The monoisotopic (exact) mass is 359 g/mol. The zero-order chi connectivity index (χ0) is 18.5. The summed E-state index contributed by atoms with van der Waals surface area (Å²) in [6, 6.07) is 7.35. The fourth-order valence-electron chi connectivity index (χ4n) is 4.18. The van der Waals surface area contributed by atoms with Crippen molar-refractivity contribution in [3.8, 4) is 5.75 Å². The van der Waals surface area contributed by atoms with Gasteiger partial charge >= 0.3 is 0 Å². The number of nitrogens with zero attached hydrogens (tertiary/aromatic N) is 2. The highest BCUT2D eigenvalue weighted by Crippen LogP contribution is 2.32. The molecule has 0 bridgehead atoms. The van der Waals surface area contributed by atoms with Crippen LogP contribution >= 0.6 is 0 Å². The largest absolute Gasteiger partial charge is 0.497 e. The molecule has 0 spiro atoms. The Bertz CT molecular complexity index is 635. The molecule has 0 radical (unpaired) electrons. The Morgan fingerprint density at radius 2 is 1.85 bits per heavy atom. The SMILES string of the molecule is COc1cccc(NC(=O)[C@@H](C2CCCC2)N2CCN(C(C)=O)CC2)c1. The minimum atomic E-state index is -0.127. The molecule has 2 fully saturated rings. The standard InChI is InChI=1S/C20H29N3O3/c1-15(24)22-10-12-23(13-11-22)19(16-6-3-4-7-16)20(25)21-17-8-5-9-18(14-17)26-2/h5,8-9,14,16,19H,3-4,6-7,10-13H2,1-2H3,(H,21,25)/t19-/m1/s1. The van der Waals surface area contributed by atoms with Gasteiger partial charge in [0.15, 0.2) is 0 Å². The molecule has 1 saturated carbocycles. The fourth-order valence-corrected chi connectivity index (χ4v) is 4.18. The van der Waals surface area contributed by atoms with Crippen molar-refractivity contribution < 1.29 is 14.3 Å². The number of carbonyl (C=O) groups excluding carboxylic acids is 2. The number of ether oxygens (including phenoxy) is 1. The number of nitrogens with one attached hydrogen (secondary N) is 1. The first kappa shape index (κ1) is 18.7. The van der Waals surface area contributed by atoms with E-state index < -0.39 is 0 Å². The highest BCUT2D eigenvalue weighted by molar-refractivity contribution is 5.95. The van der Waals surface area contributed by atoms with Crippen LogP contribution in [0, 0.1) is 5.92 Å². The van der Waals surface area contributed by atoms with Gasteiger partial charge in [-0.1, -0.05) is 18.9 Å². The maximum Gasteiger partial charge on any atom is 0.242 e. The summed E-state index contributed by atoms with van der Waals surface area (Å²) in [5.74, 6) is 1.30. The van der Waals surface area contributed by atoms with E-state index in [1.165, 1.54) is 12.8 Å². The summed E-state index contributed by atoms with van der Waals surface area (Å²) in [5, 5.41) is 3.08. The molecule has 26 heavy (non-hydrogen) atoms. The van der Waals surface area contributed by atoms with Crippen molar-refractivity contribution in [2.45, 2.75) is 38.6 Å². The van der Waals surface area contributed by atoms with E-state index in [9.17, 15) is 9.59 Å². The van der Waals surface area contributed by atoms with Crippen molar-refractivity contribution in [3.63, 3.8) is 0 Å². The molecule has 142 valence electrons. The van der Waals surface area contributed by atoms with Gasteiger partial charge in [0.05, 0.1) is 13.2 Å². The Morgan fingerprint density at radius 1 is 1.15 bits per heavy atom. The molecule has 3 rings (SSSR count). The summed E-state index contributed by atoms with van der Waals surface area (Å²) < 4.78 is 5.25. The third kappa shape index (κ3) is 4.36. The Kier molecular flexibility index (Phi) is 6.14. The molecule has 2 amide bonds. The molecule has 6 heteroatoms. The van der Waals surface area contributed by atoms with Crippen LogP contribution in [0.1, 0.15) is 32.6 Å². The molecule has 0 unspecified atom stereocenters. The normalized spacial score (nSPS) is 20.0. The lowest BCUT2D eigenvalue weighted by molar-refractivity contribution is -0.132. The predicted octanol–water partition coefficient (Wildman–Crippen LogP) is 2.36. The Balaban J connectivity index is 1.71. The molecule has 1 N–H and O–H groups in total. The second kappa shape index (κ2) is 8.54. The van der Waals surface area contributed by atoms with Gasteiger partial charge in [0, 0.05) is 44.9 Å². The van der Waals surface area contributed by atoms with Crippen molar-refractivity contribution in [2.75, 3.05) is 38.6 Å². The molecule has 1 atom stereocenters. The topological polar surface area (TPSA) is 61.9 Å². The Morgan fingerprint density at radius 3 is 2.46 bits per heavy atom. The average Bonchev–Trinajstić information content (AvgIpc) is 3.16. The van der Waals surface area contributed by atoms with E-state index in [2.05, 4.69) is 10.2 Å². The van der Waals surface area contributed by atoms with E-state index in [0.29, 0.717) is 19.0 Å². The fraction of sp³-hybridized carbons (Fsp3) is 0.600. The molecule has 0 aromatic heterocycles. The van der Waals surface area contributed by atoms with Crippen molar-refractivity contribution >= 4 is 17.5 Å². The van der Waals surface area contributed by atoms with Gasteiger partial charge < -0.3 is 15.0 Å². The summed E-state index contributed by atoms with van der Waals surface area (Å²) in [6.07, 6.45) is 4.59. The summed E-state index contributed by atoms with van der Waals surface area (Å²) >= 11 is 0. The van der Waals surface area contributed by atoms with Crippen molar-refractivity contribution in [3.05, 3.63) is 24.3 Å². The van der Waals surface area contributed by atoms with Crippen LogP contribution in [-0.2, 0) is 9.59 Å². The molecule has 1 saturated heterocycles. The molecule has 1 aliphatic carbocycles. The van der Waals surface area contributed by atoms with E-state index >= 15 is 0 Å². The number of methoxy groups -OCH3 is 1. The number of benzene rings is 1. The minimum Gasteiger partial charge on any atom is -0.497 e. The minimum absolute atomic E-state index is 0.0569. The van der Waals surface area contributed by atoms with Crippen LogP contribution in [0.2, 0.25) is 0 Å². The lowest BCUT2D eigenvalue weighted by atomic mass is 9.95. The molecule has 2 aliphatic rings. The number of piperazine rings is 1. The van der Waals surface area contributed by atoms with Crippen LogP contribution in [0.3, 0.4) is 0 Å². The first-order chi connectivity index (χ1) is 12.6. The quantitative estimate of drug-likeness (QED) is 0.877.